The first-order valence-electron chi connectivity index (χ1n) is 13.8. The van der Waals surface area contributed by atoms with E-state index in [-0.39, 0.29) is 21.5 Å². The van der Waals surface area contributed by atoms with Crippen molar-refractivity contribution in [1.29, 1.82) is 0 Å². The summed E-state index contributed by atoms with van der Waals surface area (Å²) in [6, 6.07) is 37.3. The fraction of sp³-hybridized carbons (Fsp3) is 0.226. The molecule has 0 aliphatic carbocycles. The van der Waals surface area contributed by atoms with Crippen LogP contribution in [0, 0.1) is 0 Å². The fourth-order valence-corrected chi connectivity index (χ4v) is 6.80. The average Bonchev–Trinajstić information content (AvgIpc) is 2.95. The molecule has 57 heavy (non-hydrogen) atoms. The molecule has 0 radical (unpaired) electrons. The summed E-state index contributed by atoms with van der Waals surface area (Å²) >= 11 is -23.9. The van der Waals surface area contributed by atoms with E-state index in [2.05, 4.69) is 135 Å². The second-order valence-corrected chi connectivity index (χ2v) is 29.8. The van der Waals surface area contributed by atoms with Crippen LogP contribution in [0.25, 0.3) is 0 Å². The van der Waals surface area contributed by atoms with Gasteiger partial charge in [0.2, 0.25) is 0 Å². The van der Waals surface area contributed by atoms with Crippen LogP contribution in [0.15, 0.2) is 137 Å². The van der Waals surface area contributed by atoms with Crippen molar-refractivity contribution in [3.63, 3.8) is 0 Å². The van der Waals surface area contributed by atoms with Crippen molar-refractivity contribution in [3.8, 4) is 0 Å². The van der Waals surface area contributed by atoms with Gasteiger partial charge in [0, 0.05) is 52.3 Å². The minimum absolute atomic E-state index is 0. The Morgan fingerprint density at radius 2 is 0.474 bits per heavy atom. The zero-order valence-electron chi connectivity index (χ0n) is 29.5. The molecule has 0 amide bonds. The molecule has 4 aromatic carbocycles. The van der Waals surface area contributed by atoms with Crippen LogP contribution in [0.1, 0.15) is 7.43 Å². The molecular weight excluding hydrogens is 1240 g/mol. The monoisotopic (exact) mass is 1280 g/mol. The van der Waals surface area contributed by atoms with Crippen LogP contribution >= 0.6 is 23.5 Å². The second-order valence-electron chi connectivity index (χ2n) is 10.3. The van der Waals surface area contributed by atoms with Crippen molar-refractivity contribution in [2.75, 3.05) is 37.5 Å². The molecule has 0 fully saturated rings. The number of benzene rings is 4. The Balaban J connectivity index is -0.000000214. The topological polar surface area (TPSA) is 0 Å². The van der Waals surface area contributed by atoms with Gasteiger partial charge in [-0.15, -0.1) is 0 Å². The Morgan fingerprint density at radius 1 is 0.316 bits per heavy atom. The molecule has 334 valence electrons. The first kappa shape index (κ1) is 65.9. The molecule has 0 N–H and O–H groups in total. The first-order valence-corrected chi connectivity index (χ1v) is 36.0. The summed E-state index contributed by atoms with van der Waals surface area (Å²) in [4.78, 5) is 9.52. The van der Waals surface area contributed by atoms with Gasteiger partial charge >= 0.3 is 103 Å². The van der Waals surface area contributed by atoms with Gasteiger partial charge in [0.1, 0.15) is 37.5 Å². The van der Waals surface area contributed by atoms with Crippen LogP contribution < -0.4 is 14.1 Å². The maximum atomic E-state index is 9.91. The van der Waals surface area contributed by atoms with Crippen LogP contribution in [0.5, 0.6) is 0 Å². The SMILES string of the molecule is C.C[S+](C)c1ccc(Sc2ccc([S+](C)C)cc2)cc1.C[S+](C)c1ccc(Sc2ccccc2)cc1.[F-].[F-].[F-].[F][Sb]([F])([F])([F])[F].[F][Sb]([F])([F])([F])[F].[F][Sb]([F])([F])([F])[F]. The Morgan fingerprint density at radius 3 is 0.632 bits per heavy atom. The first-order chi connectivity index (χ1) is 23.5. The zero-order valence-corrected chi connectivity index (χ0v) is 41.2. The van der Waals surface area contributed by atoms with Crippen molar-refractivity contribution in [3.05, 3.63) is 103 Å². The van der Waals surface area contributed by atoms with E-state index in [0.29, 0.717) is 32.7 Å². The summed E-state index contributed by atoms with van der Waals surface area (Å²) in [7, 11) is 1.06. The molecule has 0 aliphatic heterocycles. The fourth-order valence-electron chi connectivity index (χ4n) is 3.10. The van der Waals surface area contributed by atoms with Crippen LogP contribution in [0.4, 0.5) is 42.2 Å². The summed E-state index contributed by atoms with van der Waals surface area (Å²) in [5, 5.41) is 0. The molecule has 0 atom stereocenters. The molecule has 0 spiro atoms. The van der Waals surface area contributed by atoms with Crippen LogP contribution in [0.2, 0.25) is 0 Å². The molecule has 0 bridgehead atoms. The van der Waals surface area contributed by atoms with Gasteiger partial charge in [-0.2, -0.15) is 0 Å². The number of halogens is 18. The van der Waals surface area contributed by atoms with Gasteiger partial charge in [0.05, 0.1) is 0 Å². The molecule has 4 aromatic rings. The van der Waals surface area contributed by atoms with E-state index in [4.69, 9.17) is 0 Å². The Labute approximate surface area is 352 Å². The normalized spacial score (nSPS) is 12.8. The standard InChI is InChI=1S/C16H20S3.C14H15S2.CH4.18FH.3Sb/c1-18(2)15-9-5-13(6-10-15)17-14-7-11-16(12-8-14)19(3)4;1-16(2)14-10-8-13(9-11-14)15-12-6-4-3-5-7-12;;;;;;;;;;;;;;;;;;;;;;/h5-12H,1-4H3;3-11H,1-2H3;1H4;18*1H;;;/q+2;+1;;;;;;;;;;;;;;;;;;;;3*+5/p-18. The van der Waals surface area contributed by atoms with Crippen molar-refractivity contribution in [2.24, 2.45) is 0 Å². The molecule has 26 heteroatoms. The van der Waals surface area contributed by atoms with Gasteiger partial charge in [0.15, 0.2) is 14.7 Å². The number of rotatable bonds is 7. The average molecular weight is 1280 g/mol. The summed E-state index contributed by atoms with van der Waals surface area (Å²) in [6.07, 6.45) is 13.5. The molecule has 4 rings (SSSR count). The molecule has 0 nitrogen and oxygen atoms in total. The molecule has 0 unspecified atom stereocenters. The summed E-state index contributed by atoms with van der Waals surface area (Å²) < 4.78 is 149. The van der Waals surface area contributed by atoms with Crippen LogP contribution in [0.3, 0.4) is 0 Å². The van der Waals surface area contributed by atoms with Crippen molar-refractivity contribution < 1.29 is 56.3 Å². The van der Waals surface area contributed by atoms with Gasteiger partial charge in [-0.3, -0.25) is 0 Å². The Bertz CT molecular complexity index is 1500. The predicted molar refractivity (Wildman–Crippen MR) is 207 cm³/mol. The van der Waals surface area contributed by atoms with E-state index in [9.17, 15) is 42.2 Å². The molecule has 0 saturated carbocycles. The van der Waals surface area contributed by atoms with Crippen LogP contribution in [-0.4, -0.2) is 98.4 Å². The van der Waals surface area contributed by atoms with Gasteiger partial charge in [-0.05, 0) is 84.9 Å². The van der Waals surface area contributed by atoms with E-state index >= 15 is 0 Å². The third-order valence-electron chi connectivity index (χ3n) is 5.10. The quantitative estimate of drug-likeness (QED) is 0.142. The van der Waals surface area contributed by atoms with E-state index < -0.39 is 60.9 Å². The summed E-state index contributed by atoms with van der Waals surface area (Å²) in [6.45, 7) is 0. The second kappa shape index (κ2) is 27.0. The number of hydrogen-bond donors (Lipinski definition) is 0. The van der Waals surface area contributed by atoms with Crippen molar-refractivity contribution in [2.45, 2.75) is 41.7 Å². The number of hydrogen-bond acceptors (Lipinski definition) is 2. The zero-order chi connectivity index (χ0) is 41.6. The molecule has 0 aromatic heterocycles. The predicted octanol–water partition coefficient (Wildman–Crippen LogP) is 5.19. The maximum absolute atomic E-state index is 9.91. The van der Waals surface area contributed by atoms with Gasteiger partial charge in [-0.25, -0.2) is 0 Å². The third-order valence-corrected chi connectivity index (χ3v) is 10.8. The summed E-state index contributed by atoms with van der Waals surface area (Å²) in [5.74, 6) is 0. The Kier molecular flexibility index (Phi) is 31.2. The van der Waals surface area contributed by atoms with E-state index in [1.807, 2.05) is 29.6 Å². The van der Waals surface area contributed by atoms with E-state index in [1.54, 1.807) is 0 Å². The third kappa shape index (κ3) is 48.4. The van der Waals surface area contributed by atoms with Gasteiger partial charge < -0.3 is 14.1 Å². The van der Waals surface area contributed by atoms with Crippen molar-refractivity contribution >= 4 is 117 Å². The molecule has 0 heterocycles. The molecule has 0 aliphatic rings. The molecular formula is C31H39F18S5Sb3. The minimum atomic E-state index is -9.19. The van der Waals surface area contributed by atoms with E-state index in [1.165, 1.54) is 34.3 Å². The van der Waals surface area contributed by atoms with Gasteiger partial charge in [-0.1, -0.05) is 49.1 Å². The summed E-state index contributed by atoms with van der Waals surface area (Å²) in [5.41, 5.74) is 0. The molecule has 0 saturated heterocycles. The van der Waals surface area contributed by atoms with Crippen LogP contribution in [-0.2, 0) is 32.7 Å². The van der Waals surface area contributed by atoms with Gasteiger partial charge in [0.25, 0.3) is 0 Å². The Hall–Kier alpha value is -0.175. The van der Waals surface area contributed by atoms with Crippen molar-refractivity contribution in [1.82, 2.24) is 0 Å². The van der Waals surface area contributed by atoms with E-state index in [0.717, 1.165) is 0 Å².